The number of H-pyrrole nitrogens is 1. The summed E-state index contributed by atoms with van der Waals surface area (Å²) in [5.41, 5.74) is 1.78. The third kappa shape index (κ3) is 3.58. The number of nitrogens with one attached hydrogen (secondary N) is 2. The number of carbonyl (C=O) groups is 1. The average Bonchev–Trinajstić information content (AvgIpc) is 2.49. The van der Waals surface area contributed by atoms with Crippen LogP contribution in [0.2, 0.25) is 0 Å². The number of aromatic amines is 1. The van der Waals surface area contributed by atoms with Crippen LogP contribution in [0.1, 0.15) is 15.9 Å². The predicted octanol–water partition coefficient (Wildman–Crippen LogP) is -0.636. The monoisotopic (exact) mass is 307 g/mol. The molecule has 110 valence electrons. The molecule has 1 aromatic carbocycles. The SMILES string of the molecule is Cn1[nH]c(=O)c(=O)nc1SCc1cccc(C(=O)NN)c1. The molecule has 2 rings (SSSR count). The van der Waals surface area contributed by atoms with Gasteiger partial charge in [0.05, 0.1) is 0 Å². The molecule has 0 fully saturated rings. The third-order valence-electron chi connectivity index (χ3n) is 2.64. The van der Waals surface area contributed by atoms with Gasteiger partial charge in [-0.25, -0.2) is 5.84 Å². The Labute approximate surface area is 123 Å². The molecule has 0 atom stereocenters. The molecule has 0 aliphatic rings. The normalized spacial score (nSPS) is 10.4. The van der Waals surface area contributed by atoms with Gasteiger partial charge in [0.15, 0.2) is 5.16 Å². The van der Waals surface area contributed by atoms with Crippen molar-refractivity contribution in [2.75, 3.05) is 0 Å². The number of benzene rings is 1. The first-order chi connectivity index (χ1) is 10.0. The van der Waals surface area contributed by atoms with E-state index in [1.54, 1.807) is 25.2 Å². The standard InChI is InChI=1S/C12H13N5O3S/c1-17-12(14-10(19)11(20)16-17)21-6-7-3-2-4-8(5-7)9(18)15-13/h2-5H,6,13H2,1H3,(H,15,18)(H,16,20). The number of hydrogen-bond acceptors (Lipinski definition) is 6. The summed E-state index contributed by atoms with van der Waals surface area (Å²) in [7, 11) is 1.59. The van der Waals surface area contributed by atoms with Gasteiger partial charge in [-0.1, -0.05) is 23.9 Å². The molecular weight excluding hydrogens is 294 g/mol. The number of hydrogen-bond donors (Lipinski definition) is 3. The van der Waals surface area contributed by atoms with Crippen molar-refractivity contribution in [2.45, 2.75) is 10.9 Å². The Morgan fingerprint density at radius 3 is 2.95 bits per heavy atom. The molecule has 8 nitrogen and oxygen atoms in total. The highest BCUT2D eigenvalue weighted by molar-refractivity contribution is 7.98. The van der Waals surface area contributed by atoms with Gasteiger partial charge in [0.2, 0.25) is 0 Å². The van der Waals surface area contributed by atoms with Gasteiger partial charge in [-0.2, -0.15) is 4.98 Å². The molecule has 9 heteroatoms. The van der Waals surface area contributed by atoms with Gasteiger partial charge in [-0.05, 0) is 17.7 Å². The van der Waals surface area contributed by atoms with Crippen LogP contribution in [0.15, 0.2) is 39.0 Å². The number of rotatable bonds is 4. The Hall–Kier alpha value is -2.39. The number of amides is 1. The summed E-state index contributed by atoms with van der Waals surface area (Å²) in [5.74, 6) is 5.19. The first-order valence-corrected chi connectivity index (χ1v) is 6.90. The van der Waals surface area contributed by atoms with E-state index in [0.717, 1.165) is 5.56 Å². The van der Waals surface area contributed by atoms with Crippen molar-refractivity contribution in [3.05, 3.63) is 56.1 Å². The van der Waals surface area contributed by atoms with E-state index >= 15 is 0 Å². The van der Waals surface area contributed by atoms with Gasteiger partial charge < -0.3 is 0 Å². The van der Waals surface area contributed by atoms with Crippen molar-refractivity contribution in [2.24, 2.45) is 12.9 Å². The molecule has 1 aromatic heterocycles. The van der Waals surface area contributed by atoms with Crippen LogP contribution in [0.3, 0.4) is 0 Å². The fourth-order valence-corrected chi connectivity index (χ4v) is 2.49. The van der Waals surface area contributed by atoms with Crippen LogP contribution in [-0.2, 0) is 12.8 Å². The Balaban J connectivity index is 2.17. The molecule has 0 radical (unpaired) electrons. The molecule has 2 aromatic rings. The maximum Gasteiger partial charge on any atom is 0.339 e. The average molecular weight is 307 g/mol. The summed E-state index contributed by atoms with van der Waals surface area (Å²) < 4.78 is 1.38. The number of thioether (sulfide) groups is 1. The van der Waals surface area contributed by atoms with Gasteiger partial charge in [0, 0.05) is 18.4 Å². The number of aryl methyl sites for hydroxylation is 1. The van der Waals surface area contributed by atoms with Gasteiger partial charge in [0.25, 0.3) is 5.91 Å². The summed E-state index contributed by atoms with van der Waals surface area (Å²) in [4.78, 5) is 37.5. The maximum absolute atomic E-state index is 11.4. The van der Waals surface area contributed by atoms with E-state index in [9.17, 15) is 14.4 Å². The van der Waals surface area contributed by atoms with Crippen LogP contribution in [0.25, 0.3) is 0 Å². The molecule has 0 spiro atoms. The Morgan fingerprint density at radius 1 is 1.48 bits per heavy atom. The van der Waals surface area contributed by atoms with Crippen molar-refractivity contribution in [3.63, 3.8) is 0 Å². The van der Waals surface area contributed by atoms with E-state index in [4.69, 9.17) is 5.84 Å². The molecule has 0 aliphatic heterocycles. The second-order valence-electron chi connectivity index (χ2n) is 4.16. The summed E-state index contributed by atoms with van der Waals surface area (Å²) in [6, 6.07) is 6.91. The lowest BCUT2D eigenvalue weighted by Crippen LogP contribution is -2.33. The van der Waals surface area contributed by atoms with Gasteiger partial charge in [-0.15, -0.1) is 0 Å². The zero-order valence-electron chi connectivity index (χ0n) is 11.1. The predicted molar refractivity (Wildman–Crippen MR) is 77.8 cm³/mol. The Kier molecular flexibility index (Phi) is 4.55. The van der Waals surface area contributed by atoms with Gasteiger partial charge >= 0.3 is 11.1 Å². The fourth-order valence-electron chi connectivity index (χ4n) is 1.62. The quantitative estimate of drug-likeness (QED) is 0.227. The van der Waals surface area contributed by atoms with Crippen LogP contribution in [0.4, 0.5) is 0 Å². The number of carbonyl (C=O) groups excluding carboxylic acids is 1. The van der Waals surface area contributed by atoms with E-state index in [2.05, 4.69) is 15.5 Å². The van der Waals surface area contributed by atoms with Crippen molar-refractivity contribution in [1.29, 1.82) is 0 Å². The van der Waals surface area contributed by atoms with Gasteiger partial charge in [-0.3, -0.25) is 29.6 Å². The van der Waals surface area contributed by atoms with Crippen molar-refractivity contribution in [1.82, 2.24) is 20.2 Å². The minimum absolute atomic E-state index is 0.378. The van der Waals surface area contributed by atoms with Crippen molar-refractivity contribution < 1.29 is 4.79 Å². The van der Waals surface area contributed by atoms with Crippen molar-refractivity contribution >= 4 is 17.7 Å². The van der Waals surface area contributed by atoms with Crippen LogP contribution < -0.4 is 22.4 Å². The third-order valence-corrected chi connectivity index (χ3v) is 3.74. The number of nitrogens with zero attached hydrogens (tertiary/aromatic N) is 2. The summed E-state index contributed by atoms with van der Waals surface area (Å²) in [6.45, 7) is 0. The molecule has 4 N–H and O–H groups in total. The summed E-state index contributed by atoms with van der Waals surface area (Å²) in [6.07, 6.45) is 0. The van der Waals surface area contributed by atoms with Crippen LogP contribution in [0, 0.1) is 0 Å². The molecule has 0 saturated heterocycles. The van der Waals surface area contributed by atoms with E-state index in [1.165, 1.54) is 16.4 Å². The van der Waals surface area contributed by atoms with Crippen molar-refractivity contribution in [3.8, 4) is 0 Å². The lowest BCUT2D eigenvalue weighted by atomic mass is 10.1. The molecule has 0 aliphatic carbocycles. The first-order valence-electron chi connectivity index (χ1n) is 5.91. The summed E-state index contributed by atoms with van der Waals surface area (Å²) in [5, 5.41) is 2.75. The number of nitrogens with two attached hydrogens (primary N) is 1. The molecule has 0 saturated carbocycles. The Bertz CT molecular complexity index is 783. The minimum Gasteiger partial charge on any atom is -0.290 e. The highest BCUT2D eigenvalue weighted by Crippen LogP contribution is 2.19. The number of aromatic nitrogens is 3. The molecule has 0 unspecified atom stereocenters. The smallest absolute Gasteiger partial charge is 0.290 e. The summed E-state index contributed by atoms with van der Waals surface area (Å²) >= 11 is 1.27. The van der Waals surface area contributed by atoms with E-state index in [1.807, 2.05) is 6.07 Å². The van der Waals surface area contributed by atoms with E-state index in [0.29, 0.717) is 16.5 Å². The largest absolute Gasteiger partial charge is 0.339 e. The highest BCUT2D eigenvalue weighted by Gasteiger charge is 2.07. The second kappa shape index (κ2) is 6.37. The maximum atomic E-state index is 11.4. The topological polar surface area (TPSA) is 123 Å². The van der Waals surface area contributed by atoms with E-state index < -0.39 is 11.1 Å². The lowest BCUT2D eigenvalue weighted by Gasteiger charge is -2.07. The minimum atomic E-state index is -0.827. The zero-order valence-corrected chi connectivity index (χ0v) is 11.9. The number of hydrazine groups is 1. The Morgan fingerprint density at radius 2 is 2.24 bits per heavy atom. The molecule has 0 bridgehead atoms. The molecular formula is C12H13N5O3S. The molecule has 21 heavy (non-hydrogen) atoms. The zero-order chi connectivity index (χ0) is 15.4. The highest BCUT2D eigenvalue weighted by atomic mass is 32.2. The first kappa shape index (κ1) is 15.0. The van der Waals surface area contributed by atoms with Crippen LogP contribution >= 0.6 is 11.8 Å². The van der Waals surface area contributed by atoms with Crippen LogP contribution in [-0.4, -0.2) is 20.7 Å². The molecule has 1 heterocycles. The van der Waals surface area contributed by atoms with Crippen LogP contribution in [0.5, 0.6) is 0 Å². The fraction of sp³-hybridized carbons (Fsp3) is 0.167. The second-order valence-corrected chi connectivity index (χ2v) is 5.10. The lowest BCUT2D eigenvalue weighted by molar-refractivity contribution is 0.0953. The number of nitrogen functional groups attached to an aromatic ring is 1. The molecule has 1 amide bonds. The van der Waals surface area contributed by atoms with E-state index in [-0.39, 0.29) is 5.91 Å². The van der Waals surface area contributed by atoms with Gasteiger partial charge in [0.1, 0.15) is 0 Å².